The molecule has 2 aromatic rings. The minimum atomic E-state index is -3.57. The summed E-state index contributed by atoms with van der Waals surface area (Å²) in [6.07, 6.45) is 3.57. The van der Waals surface area contributed by atoms with Crippen LogP contribution in [0, 0.1) is 13.8 Å². The summed E-state index contributed by atoms with van der Waals surface area (Å²) in [6, 6.07) is 13.3. The van der Waals surface area contributed by atoms with E-state index in [1.165, 1.54) is 0 Å². The van der Waals surface area contributed by atoms with Gasteiger partial charge in [-0.15, -0.1) is 0 Å². The van der Waals surface area contributed by atoms with E-state index in [9.17, 15) is 13.2 Å². The molecule has 0 spiro atoms. The van der Waals surface area contributed by atoms with Gasteiger partial charge in [-0.1, -0.05) is 31.2 Å². The van der Waals surface area contributed by atoms with Gasteiger partial charge in [0.2, 0.25) is 15.9 Å². The Hall–Kier alpha value is -2.54. The molecule has 0 radical (unpaired) electrons. The first-order valence-corrected chi connectivity index (χ1v) is 12.1. The van der Waals surface area contributed by atoms with Crippen molar-refractivity contribution in [2.45, 2.75) is 40.0 Å². The number of carbonyl (C=O) groups excluding carboxylic acids is 1. The molecule has 0 saturated heterocycles. The SMILES string of the molecule is CCCOc1ccccc1CCCNC(=O)CN(c1ccc(C)c(C)c1)S(C)(=O)=O. The lowest BCUT2D eigenvalue weighted by Crippen LogP contribution is -2.40. The van der Waals surface area contributed by atoms with Crippen molar-refractivity contribution in [1.29, 1.82) is 0 Å². The number of anilines is 1. The van der Waals surface area contributed by atoms with Crippen LogP contribution in [0.3, 0.4) is 0 Å². The first-order chi connectivity index (χ1) is 14.2. The van der Waals surface area contributed by atoms with Gasteiger partial charge in [0.25, 0.3) is 0 Å². The van der Waals surface area contributed by atoms with Gasteiger partial charge in [0.1, 0.15) is 12.3 Å². The smallest absolute Gasteiger partial charge is 0.240 e. The summed E-state index contributed by atoms with van der Waals surface area (Å²) in [4.78, 5) is 12.4. The molecule has 0 bridgehead atoms. The highest BCUT2D eigenvalue weighted by Crippen LogP contribution is 2.21. The number of nitrogens with one attached hydrogen (secondary N) is 1. The molecule has 0 aromatic heterocycles. The summed E-state index contributed by atoms with van der Waals surface area (Å²) < 4.78 is 31.4. The molecule has 0 aliphatic carbocycles. The number of sulfonamides is 1. The lowest BCUT2D eigenvalue weighted by molar-refractivity contribution is -0.119. The van der Waals surface area contributed by atoms with Gasteiger partial charge in [0.15, 0.2) is 0 Å². The molecule has 0 aliphatic heterocycles. The van der Waals surface area contributed by atoms with Gasteiger partial charge in [-0.3, -0.25) is 9.10 Å². The molecule has 1 amide bonds. The highest BCUT2D eigenvalue weighted by atomic mass is 32.2. The number of nitrogens with zero attached hydrogens (tertiary/aromatic N) is 1. The second-order valence-electron chi connectivity index (χ2n) is 7.45. The zero-order chi connectivity index (χ0) is 22.1. The number of hydrogen-bond donors (Lipinski definition) is 1. The maximum atomic E-state index is 12.4. The second-order valence-corrected chi connectivity index (χ2v) is 9.35. The summed E-state index contributed by atoms with van der Waals surface area (Å²) in [7, 11) is -3.57. The fourth-order valence-corrected chi connectivity index (χ4v) is 3.89. The van der Waals surface area contributed by atoms with Gasteiger partial charge in [-0.25, -0.2) is 8.42 Å². The predicted molar refractivity (Wildman–Crippen MR) is 122 cm³/mol. The number of ether oxygens (including phenoxy) is 1. The molecule has 2 rings (SSSR count). The largest absolute Gasteiger partial charge is 0.493 e. The van der Waals surface area contributed by atoms with Crippen LogP contribution in [0.2, 0.25) is 0 Å². The Morgan fingerprint density at radius 3 is 2.50 bits per heavy atom. The van der Waals surface area contributed by atoms with Crippen LogP contribution in [0.4, 0.5) is 5.69 Å². The van der Waals surface area contributed by atoms with E-state index in [1.807, 2.05) is 44.2 Å². The van der Waals surface area contributed by atoms with Crippen LogP contribution in [0.5, 0.6) is 5.75 Å². The molecule has 0 unspecified atom stereocenters. The van der Waals surface area contributed by atoms with E-state index in [2.05, 4.69) is 12.2 Å². The van der Waals surface area contributed by atoms with Crippen molar-refractivity contribution in [3.8, 4) is 5.75 Å². The Labute approximate surface area is 180 Å². The molecule has 30 heavy (non-hydrogen) atoms. The molecule has 164 valence electrons. The van der Waals surface area contributed by atoms with Gasteiger partial charge in [0.05, 0.1) is 18.6 Å². The van der Waals surface area contributed by atoms with E-state index in [0.29, 0.717) is 18.8 Å². The lowest BCUT2D eigenvalue weighted by Gasteiger charge is -2.22. The van der Waals surface area contributed by atoms with Crippen molar-refractivity contribution >= 4 is 21.6 Å². The van der Waals surface area contributed by atoms with E-state index in [0.717, 1.165) is 52.3 Å². The van der Waals surface area contributed by atoms with Crippen molar-refractivity contribution in [3.05, 3.63) is 59.2 Å². The highest BCUT2D eigenvalue weighted by Gasteiger charge is 2.21. The Balaban J connectivity index is 1.92. The number of hydrogen-bond acceptors (Lipinski definition) is 4. The van der Waals surface area contributed by atoms with Gasteiger partial charge >= 0.3 is 0 Å². The number of para-hydroxylation sites is 1. The van der Waals surface area contributed by atoms with E-state index < -0.39 is 10.0 Å². The number of carbonyl (C=O) groups is 1. The Kier molecular flexibility index (Phi) is 8.72. The van der Waals surface area contributed by atoms with Crippen LogP contribution in [-0.4, -0.2) is 40.3 Å². The second kappa shape index (κ2) is 11.0. The molecule has 2 aromatic carbocycles. The van der Waals surface area contributed by atoms with Crippen LogP contribution < -0.4 is 14.4 Å². The Morgan fingerprint density at radius 2 is 1.83 bits per heavy atom. The van der Waals surface area contributed by atoms with E-state index in [-0.39, 0.29) is 12.5 Å². The van der Waals surface area contributed by atoms with Gasteiger partial charge in [-0.05, 0) is 68.0 Å². The van der Waals surface area contributed by atoms with Gasteiger partial charge < -0.3 is 10.1 Å². The zero-order valence-corrected chi connectivity index (χ0v) is 19.1. The first-order valence-electron chi connectivity index (χ1n) is 10.2. The van der Waals surface area contributed by atoms with Crippen molar-refractivity contribution < 1.29 is 17.9 Å². The third-order valence-electron chi connectivity index (χ3n) is 4.85. The van der Waals surface area contributed by atoms with E-state index in [1.54, 1.807) is 12.1 Å². The molecular formula is C23H32N2O4S. The first kappa shape index (κ1) is 23.7. The van der Waals surface area contributed by atoms with Crippen LogP contribution in [0.1, 0.15) is 36.5 Å². The van der Waals surface area contributed by atoms with Crippen molar-refractivity contribution in [3.63, 3.8) is 0 Å². The third-order valence-corrected chi connectivity index (χ3v) is 5.99. The molecule has 1 N–H and O–H groups in total. The van der Waals surface area contributed by atoms with Gasteiger partial charge in [-0.2, -0.15) is 0 Å². The molecule has 7 heteroatoms. The summed E-state index contributed by atoms with van der Waals surface area (Å²) in [5, 5.41) is 2.83. The van der Waals surface area contributed by atoms with E-state index >= 15 is 0 Å². The Morgan fingerprint density at radius 1 is 1.10 bits per heavy atom. The predicted octanol–water partition coefficient (Wildman–Crippen LogP) is 3.61. The maximum Gasteiger partial charge on any atom is 0.240 e. The molecule has 6 nitrogen and oxygen atoms in total. The third kappa shape index (κ3) is 7.06. The minimum absolute atomic E-state index is 0.239. The fraction of sp³-hybridized carbons (Fsp3) is 0.435. The monoisotopic (exact) mass is 432 g/mol. The summed E-state index contributed by atoms with van der Waals surface area (Å²) in [6.45, 7) is 6.84. The van der Waals surface area contributed by atoms with Crippen LogP contribution in [0.25, 0.3) is 0 Å². The number of amides is 1. The topological polar surface area (TPSA) is 75.7 Å². The maximum absolute atomic E-state index is 12.4. The normalized spacial score (nSPS) is 11.2. The average Bonchev–Trinajstić information content (AvgIpc) is 2.70. The standard InChI is InChI=1S/C23H32N2O4S/c1-5-15-29-22-11-7-6-9-20(22)10-8-14-24-23(26)17-25(30(4,27)28)21-13-12-18(2)19(3)16-21/h6-7,9,11-13,16H,5,8,10,14-15,17H2,1-4H3,(H,24,26). The van der Waals surface area contributed by atoms with Crippen molar-refractivity contribution in [2.24, 2.45) is 0 Å². The minimum Gasteiger partial charge on any atom is -0.493 e. The van der Waals surface area contributed by atoms with Crippen LogP contribution in [-0.2, 0) is 21.2 Å². The molecule has 0 atom stereocenters. The molecule has 0 saturated carbocycles. The van der Waals surface area contributed by atoms with Crippen LogP contribution in [0.15, 0.2) is 42.5 Å². The molecule has 0 aliphatic rings. The Bertz CT molecular complexity index is 957. The lowest BCUT2D eigenvalue weighted by atomic mass is 10.1. The molecule has 0 fully saturated rings. The summed E-state index contributed by atoms with van der Waals surface area (Å²) in [5.41, 5.74) is 3.65. The van der Waals surface area contributed by atoms with Crippen molar-refractivity contribution in [2.75, 3.05) is 30.3 Å². The van der Waals surface area contributed by atoms with Crippen molar-refractivity contribution in [1.82, 2.24) is 5.32 Å². The zero-order valence-electron chi connectivity index (χ0n) is 18.3. The number of benzene rings is 2. The summed E-state index contributed by atoms with van der Waals surface area (Å²) in [5.74, 6) is 0.554. The van der Waals surface area contributed by atoms with E-state index in [4.69, 9.17) is 4.74 Å². The molecule has 0 heterocycles. The molecular weight excluding hydrogens is 400 g/mol. The van der Waals surface area contributed by atoms with Crippen LogP contribution >= 0.6 is 0 Å². The summed E-state index contributed by atoms with van der Waals surface area (Å²) >= 11 is 0. The number of aryl methyl sites for hydroxylation is 3. The average molecular weight is 433 g/mol. The number of rotatable bonds is 11. The van der Waals surface area contributed by atoms with Gasteiger partial charge in [0, 0.05) is 6.54 Å². The quantitative estimate of drug-likeness (QED) is 0.551. The highest BCUT2D eigenvalue weighted by molar-refractivity contribution is 7.92. The fourth-order valence-electron chi connectivity index (χ4n) is 3.04.